The Bertz CT molecular complexity index is 1020. The summed E-state index contributed by atoms with van der Waals surface area (Å²) in [6, 6.07) is 11.1. The van der Waals surface area contributed by atoms with Crippen LogP contribution in [0.1, 0.15) is 29.6 Å². The minimum atomic E-state index is -0.124. The van der Waals surface area contributed by atoms with Gasteiger partial charge in [-0.1, -0.05) is 0 Å². The number of aromatic nitrogens is 3. The van der Waals surface area contributed by atoms with Crippen molar-refractivity contribution < 1.29 is 4.79 Å². The van der Waals surface area contributed by atoms with E-state index in [-0.39, 0.29) is 17.5 Å². The molecule has 0 bridgehead atoms. The van der Waals surface area contributed by atoms with Gasteiger partial charge in [-0.05, 0) is 49.6 Å². The Kier molecular flexibility index (Phi) is 4.66. The molecule has 0 radical (unpaired) electrons. The molecule has 1 aliphatic heterocycles. The maximum absolute atomic E-state index is 12.6. The van der Waals surface area contributed by atoms with E-state index >= 15 is 0 Å². The highest BCUT2D eigenvalue weighted by Gasteiger charge is 2.24. The lowest BCUT2D eigenvalue weighted by Gasteiger charge is -2.36. The molecule has 2 aromatic heterocycles. The first-order valence-electron chi connectivity index (χ1n) is 9.28. The lowest BCUT2D eigenvalue weighted by Crippen LogP contribution is -2.47. The molecule has 1 unspecified atom stereocenters. The number of aryl methyl sites for hydroxylation is 1. The molecule has 1 fully saturated rings. The van der Waals surface area contributed by atoms with Crippen LogP contribution in [0.3, 0.4) is 0 Å². The van der Waals surface area contributed by atoms with E-state index in [4.69, 9.17) is 0 Å². The van der Waals surface area contributed by atoms with Crippen molar-refractivity contribution in [2.45, 2.75) is 25.3 Å². The maximum atomic E-state index is 12.6. The van der Waals surface area contributed by atoms with E-state index in [2.05, 4.69) is 20.3 Å². The number of amides is 1. The number of rotatable bonds is 4. The molecule has 3 heterocycles. The first kappa shape index (κ1) is 17.3. The first-order valence-corrected chi connectivity index (χ1v) is 9.28. The topological polar surface area (TPSA) is 83.0 Å². The van der Waals surface area contributed by atoms with Gasteiger partial charge in [0, 0.05) is 54.9 Å². The summed E-state index contributed by atoms with van der Waals surface area (Å²) in [5.74, 6) is 0.710. The second-order valence-corrected chi connectivity index (χ2v) is 6.99. The Balaban J connectivity index is 1.47. The van der Waals surface area contributed by atoms with E-state index in [0.717, 1.165) is 42.5 Å². The number of hydrogen-bond donors (Lipinski definition) is 2. The second kappa shape index (κ2) is 7.26. The monoisotopic (exact) mass is 365 g/mol. The van der Waals surface area contributed by atoms with Gasteiger partial charge in [-0.25, -0.2) is 4.68 Å². The second-order valence-electron chi connectivity index (χ2n) is 6.99. The number of carbonyl (C=O) groups is 1. The summed E-state index contributed by atoms with van der Waals surface area (Å²) in [5.41, 5.74) is 1.55. The van der Waals surface area contributed by atoms with Crippen LogP contribution in [0, 0.1) is 0 Å². The van der Waals surface area contributed by atoms with E-state index in [1.165, 1.54) is 4.68 Å². The molecule has 27 heavy (non-hydrogen) atoms. The Morgan fingerprint density at radius 1 is 1.26 bits per heavy atom. The fourth-order valence-electron chi connectivity index (χ4n) is 3.66. The molecule has 1 amide bonds. The third kappa shape index (κ3) is 3.58. The molecule has 7 heteroatoms. The van der Waals surface area contributed by atoms with E-state index in [1.807, 2.05) is 30.5 Å². The molecule has 1 aromatic carbocycles. The average molecular weight is 365 g/mol. The summed E-state index contributed by atoms with van der Waals surface area (Å²) >= 11 is 0. The zero-order valence-electron chi connectivity index (χ0n) is 15.3. The third-order valence-electron chi connectivity index (χ3n) is 5.18. The quantitative estimate of drug-likeness (QED) is 0.741. The number of piperidine rings is 1. The minimum Gasteiger partial charge on any atom is -0.361 e. The van der Waals surface area contributed by atoms with Crippen molar-refractivity contribution in [3.8, 4) is 0 Å². The molecule has 1 aliphatic rings. The summed E-state index contributed by atoms with van der Waals surface area (Å²) in [6.07, 6.45) is 5.06. The Hall–Kier alpha value is -3.09. The summed E-state index contributed by atoms with van der Waals surface area (Å²) in [6.45, 7) is 1.43. The Morgan fingerprint density at radius 2 is 2.15 bits per heavy atom. The lowest BCUT2D eigenvalue weighted by atomic mass is 10.0. The van der Waals surface area contributed by atoms with Gasteiger partial charge in [-0.15, -0.1) is 0 Å². The summed E-state index contributed by atoms with van der Waals surface area (Å²) in [5, 5.41) is 8.46. The van der Waals surface area contributed by atoms with Gasteiger partial charge in [0.05, 0.1) is 0 Å². The fourth-order valence-corrected chi connectivity index (χ4v) is 3.66. The fraction of sp³-hybridized carbons (Fsp3) is 0.350. The molecule has 3 aromatic rings. The SMILES string of the molecule is Cn1nc(N2CCCCC2CNC(=O)c2ccc3[nH]ccc3c2)ccc1=O. The van der Waals surface area contributed by atoms with Gasteiger partial charge in [0.1, 0.15) is 5.82 Å². The zero-order chi connectivity index (χ0) is 18.8. The van der Waals surface area contributed by atoms with Crippen molar-refractivity contribution in [2.24, 2.45) is 7.05 Å². The van der Waals surface area contributed by atoms with Gasteiger partial charge < -0.3 is 15.2 Å². The van der Waals surface area contributed by atoms with Gasteiger partial charge >= 0.3 is 0 Å². The number of benzene rings is 1. The van der Waals surface area contributed by atoms with Gasteiger partial charge in [0.15, 0.2) is 0 Å². The lowest BCUT2D eigenvalue weighted by molar-refractivity contribution is 0.0949. The first-order chi connectivity index (χ1) is 13.1. The number of nitrogens with one attached hydrogen (secondary N) is 2. The van der Waals surface area contributed by atoms with Crippen LogP contribution in [-0.4, -0.2) is 39.8 Å². The predicted molar refractivity (Wildman–Crippen MR) is 105 cm³/mol. The highest BCUT2D eigenvalue weighted by Crippen LogP contribution is 2.22. The smallest absolute Gasteiger partial charge is 0.266 e. The van der Waals surface area contributed by atoms with Crippen molar-refractivity contribution in [2.75, 3.05) is 18.0 Å². The molecular formula is C20H23N5O2. The molecule has 0 aliphatic carbocycles. The van der Waals surface area contributed by atoms with Gasteiger partial charge in [-0.3, -0.25) is 9.59 Å². The van der Waals surface area contributed by atoms with Crippen molar-refractivity contribution in [3.05, 3.63) is 58.5 Å². The van der Waals surface area contributed by atoms with E-state index in [0.29, 0.717) is 12.1 Å². The molecule has 1 atom stereocenters. The predicted octanol–water partition coefficient (Wildman–Crippen LogP) is 2.05. The van der Waals surface area contributed by atoms with Gasteiger partial charge in [-0.2, -0.15) is 5.10 Å². The normalized spacial score (nSPS) is 17.2. The molecule has 0 spiro atoms. The molecule has 2 N–H and O–H groups in total. The van der Waals surface area contributed by atoms with Gasteiger partial charge in [0.2, 0.25) is 0 Å². The average Bonchev–Trinajstić information content (AvgIpc) is 3.16. The number of aromatic amines is 1. The number of hydrogen-bond acceptors (Lipinski definition) is 4. The standard InChI is InChI=1S/C20H23N5O2/c1-24-19(26)8-7-18(23-24)25-11-3-2-4-16(25)13-22-20(27)15-5-6-17-14(12-15)9-10-21-17/h5-10,12,16,21H,2-4,11,13H2,1H3,(H,22,27). The van der Waals surface area contributed by atoms with Crippen LogP contribution in [0.4, 0.5) is 5.82 Å². The van der Waals surface area contributed by atoms with Crippen LogP contribution in [0.2, 0.25) is 0 Å². The van der Waals surface area contributed by atoms with Gasteiger partial charge in [0.25, 0.3) is 11.5 Å². The van der Waals surface area contributed by atoms with Crippen molar-refractivity contribution in [1.29, 1.82) is 0 Å². The largest absolute Gasteiger partial charge is 0.361 e. The number of nitrogens with zero attached hydrogens (tertiary/aromatic N) is 3. The minimum absolute atomic E-state index is 0.0722. The summed E-state index contributed by atoms with van der Waals surface area (Å²) in [4.78, 5) is 29.5. The maximum Gasteiger partial charge on any atom is 0.266 e. The van der Waals surface area contributed by atoms with E-state index < -0.39 is 0 Å². The van der Waals surface area contributed by atoms with Crippen LogP contribution < -0.4 is 15.8 Å². The molecule has 1 saturated heterocycles. The number of fused-ring (bicyclic) bond motifs is 1. The number of anilines is 1. The van der Waals surface area contributed by atoms with Crippen LogP contribution in [0.25, 0.3) is 10.9 Å². The number of H-pyrrole nitrogens is 1. The van der Waals surface area contributed by atoms with Crippen molar-refractivity contribution >= 4 is 22.6 Å². The molecule has 140 valence electrons. The van der Waals surface area contributed by atoms with E-state index in [9.17, 15) is 9.59 Å². The highest BCUT2D eigenvalue weighted by molar-refractivity contribution is 5.98. The third-order valence-corrected chi connectivity index (χ3v) is 5.18. The van der Waals surface area contributed by atoms with Crippen LogP contribution in [0.15, 0.2) is 47.4 Å². The molecule has 7 nitrogen and oxygen atoms in total. The Labute approximate surface area is 157 Å². The molecule has 0 saturated carbocycles. The zero-order valence-corrected chi connectivity index (χ0v) is 15.3. The summed E-state index contributed by atoms with van der Waals surface area (Å²) < 4.78 is 1.35. The highest BCUT2D eigenvalue weighted by atomic mass is 16.1. The molecular weight excluding hydrogens is 342 g/mol. The van der Waals surface area contributed by atoms with E-state index in [1.54, 1.807) is 19.2 Å². The number of carbonyl (C=O) groups excluding carboxylic acids is 1. The van der Waals surface area contributed by atoms with Crippen LogP contribution in [0.5, 0.6) is 0 Å². The van der Waals surface area contributed by atoms with Crippen molar-refractivity contribution in [1.82, 2.24) is 20.1 Å². The Morgan fingerprint density at radius 3 is 3.00 bits per heavy atom. The van der Waals surface area contributed by atoms with Crippen LogP contribution >= 0.6 is 0 Å². The van der Waals surface area contributed by atoms with Crippen LogP contribution in [-0.2, 0) is 7.05 Å². The summed E-state index contributed by atoms with van der Waals surface area (Å²) in [7, 11) is 1.66. The van der Waals surface area contributed by atoms with Crippen molar-refractivity contribution in [3.63, 3.8) is 0 Å². The molecule has 4 rings (SSSR count).